The van der Waals surface area contributed by atoms with Crippen molar-refractivity contribution in [2.24, 2.45) is 0 Å². The molecule has 0 saturated carbocycles. The number of sulfone groups is 1. The number of hydrogen-bond acceptors (Lipinski definition) is 10. The van der Waals surface area contributed by atoms with Crippen molar-refractivity contribution < 1.29 is 27.2 Å². The highest BCUT2D eigenvalue weighted by atomic mass is 32.2. The third-order valence-electron chi connectivity index (χ3n) is 4.41. The lowest BCUT2D eigenvalue weighted by Crippen LogP contribution is -2.19. The van der Waals surface area contributed by atoms with Gasteiger partial charge in [0.2, 0.25) is 5.89 Å². The summed E-state index contributed by atoms with van der Waals surface area (Å²) in [6.45, 7) is 0.382. The van der Waals surface area contributed by atoms with Crippen molar-refractivity contribution >= 4 is 15.8 Å². The molecule has 0 unspecified atom stereocenters. The molecular weight excluding hydrogens is 418 g/mol. The van der Waals surface area contributed by atoms with Gasteiger partial charge in [-0.3, -0.25) is 4.79 Å². The number of rotatable bonds is 9. The number of ether oxygens (including phenoxy) is 2. The van der Waals surface area contributed by atoms with Gasteiger partial charge in [-0.25, -0.2) is 18.3 Å². The third-order valence-corrected chi connectivity index (χ3v) is 5.38. The monoisotopic (exact) mass is 439 g/mol. The van der Waals surface area contributed by atoms with E-state index in [4.69, 9.17) is 14.0 Å². The number of H-pyrrole nitrogens is 1. The largest absolute Gasteiger partial charge is 0.465 e. The highest BCUT2D eigenvalue weighted by Crippen LogP contribution is 2.27. The molecule has 1 aromatic heterocycles. The molecule has 30 heavy (non-hydrogen) atoms. The molecule has 1 atom stereocenters. The SMILES string of the molecule is COCCc1noc([C@H](CCS(C)(=O)=O)n2cc(C(=O)OC)c3n[nH]c(=O)c-3c2)n1. The van der Waals surface area contributed by atoms with Crippen LogP contribution in [0.25, 0.3) is 11.3 Å². The summed E-state index contributed by atoms with van der Waals surface area (Å²) in [5.74, 6) is -0.351. The van der Waals surface area contributed by atoms with Crippen LogP contribution >= 0.6 is 0 Å². The Labute approximate surface area is 171 Å². The zero-order valence-corrected chi connectivity index (χ0v) is 17.4. The summed E-state index contributed by atoms with van der Waals surface area (Å²) in [5, 5.41) is 10.1. The molecule has 2 aliphatic heterocycles. The zero-order valence-electron chi connectivity index (χ0n) is 16.6. The summed E-state index contributed by atoms with van der Waals surface area (Å²) >= 11 is 0. The van der Waals surface area contributed by atoms with E-state index in [1.165, 1.54) is 24.1 Å². The van der Waals surface area contributed by atoms with Crippen molar-refractivity contribution in [3.8, 4) is 11.3 Å². The summed E-state index contributed by atoms with van der Waals surface area (Å²) in [7, 11) is -0.560. The number of fused-ring (bicyclic) bond motifs is 1. The molecule has 0 bridgehead atoms. The molecule has 162 valence electrons. The van der Waals surface area contributed by atoms with Crippen molar-refractivity contribution in [3.05, 3.63) is 40.0 Å². The first kappa shape index (κ1) is 21.6. The number of carbonyl (C=O) groups excluding carboxylic acids is 1. The highest BCUT2D eigenvalue weighted by molar-refractivity contribution is 7.90. The summed E-state index contributed by atoms with van der Waals surface area (Å²) in [6.07, 6.45) is 4.47. The van der Waals surface area contributed by atoms with Crippen molar-refractivity contribution in [3.63, 3.8) is 0 Å². The lowest BCUT2D eigenvalue weighted by Gasteiger charge is -2.19. The molecule has 1 aromatic rings. The van der Waals surface area contributed by atoms with Crippen LogP contribution in [0.1, 0.15) is 34.5 Å². The van der Waals surface area contributed by atoms with Gasteiger partial charge in [-0.15, -0.1) is 0 Å². The van der Waals surface area contributed by atoms with Gasteiger partial charge in [-0.2, -0.15) is 10.1 Å². The fourth-order valence-corrected chi connectivity index (χ4v) is 3.57. The van der Waals surface area contributed by atoms with Crippen LogP contribution in [0.4, 0.5) is 0 Å². The molecule has 0 aliphatic carbocycles. The number of esters is 1. The average Bonchev–Trinajstić information content (AvgIpc) is 3.32. The fourth-order valence-electron chi connectivity index (χ4n) is 2.92. The van der Waals surface area contributed by atoms with E-state index in [0.29, 0.717) is 18.9 Å². The maximum Gasteiger partial charge on any atom is 0.341 e. The van der Waals surface area contributed by atoms with Gasteiger partial charge >= 0.3 is 5.97 Å². The van der Waals surface area contributed by atoms with Gasteiger partial charge in [0.15, 0.2) is 5.82 Å². The number of nitrogens with zero attached hydrogens (tertiary/aromatic N) is 4. The number of methoxy groups -OCH3 is 2. The van der Waals surface area contributed by atoms with Crippen molar-refractivity contribution in [1.29, 1.82) is 0 Å². The normalized spacial score (nSPS) is 12.9. The van der Waals surface area contributed by atoms with E-state index in [0.717, 1.165) is 6.26 Å². The molecular formula is C17H21N5O7S. The van der Waals surface area contributed by atoms with E-state index >= 15 is 0 Å². The Morgan fingerprint density at radius 2 is 2.10 bits per heavy atom. The maximum absolute atomic E-state index is 12.2. The molecule has 0 saturated heterocycles. The first-order chi connectivity index (χ1) is 14.2. The van der Waals surface area contributed by atoms with Gasteiger partial charge in [-0.05, 0) is 6.42 Å². The second-order valence-electron chi connectivity index (χ2n) is 6.65. The van der Waals surface area contributed by atoms with Gasteiger partial charge in [-0.1, -0.05) is 5.16 Å². The number of nitrogens with one attached hydrogen (secondary N) is 1. The van der Waals surface area contributed by atoms with E-state index in [1.54, 1.807) is 7.11 Å². The van der Waals surface area contributed by atoms with Crippen LogP contribution in [0.3, 0.4) is 0 Å². The third kappa shape index (κ3) is 4.74. The van der Waals surface area contributed by atoms with Gasteiger partial charge in [0.05, 0.1) is 25.0 Å². The number of carbonyl (C=O) groups is 1. The van der Waals surface area contributed by atoms with Crippen LogP contribution in [0.15, 0.2) is 21.7 Å². The van der Waals surface area contributed by atoms with Gasteiger partial charge in [0.1, 0.15) is 27.1 Å². The van der Waals surface area contributed by atoms with Crippen LogP contribution in [-0.2, 0) is 25.7 Å². The number of aromatic nitrogens is 5. The van der Waals surface area contributed by atoms with Gasteiger partial charge in [0, 0.05) is 32.2 Å². The molecule has 1 N–H and O–H groups in total. The van der Waals surface area contributed by atoms with E-state index in [1.807, 2.05) is 0 Å². The second-order valence-corrected chi connectivity index (χ2v) is 8.91. The Morgan fingerprint density at radius 3 is 2.77 bits per heavy atom. The van der Waals surface area contributed by atoms with Crippen LogP contribution in [-0.4, -0.2) is 72.1 Å². The molecule has 3 heterocycles. The van der Waals surface area contributed by atoms with Crippen LogP contribution in [0.2, 0.25) is 0 Å². The molecule has 12 nitrogen and oxygen atoms in total. The van der Waals surface area contributed by atoms with E-state index in [9.17, 15) is 18.0 Å². The Morgan fingerprint density at radius 1 is 1.33 bits per heavy atom. The molecule has 0 amide bonds. The Bertz CT molecular complexity index is 1160. The first-order valence-corrected chi connectivity index (χ1v) is 11.0. The maximum atomic E-state index is 12.2. The quantitative estimate of drug-likeness (QED) is 0.452. The molecule has 3 rings (SSSR count). The van der Waals surface area contributed by atoms with E-state index in [2.05, 4.69) is 20.3 Å². The minimum atomic E-state index is -3.31. The summed E-state index contributed by atoms with van der Waals surface area (Å²) in [4.78, 5) is 28.7. The minimum absolute atomic E-state index is 0.0387. The summed E-state index contributed by atoms with van der Waals surface area (Å²) in [5.41, 5.74) is -0.174. The predicted molar refractivity (Wildman–Crippen MR) is 103 cm³/mol. The smallest absolute Gasteiger partial charge is 0.341 e. The molecule has 0 spiro atoms. The van der Waals surface area contributed by atoms with Crippen molar-refractivity contribution in [2.75, 3.05) is 32.8 Å². The number of hydrogen-bond donors (Lipinski definition) is 1. The van der Waals surface area contributed by atoms with Crippen LogP contribution in [0.5, 0.6) is 0 Å². The molecule has 2 aliphatic rings. The van der Waals surface area contributed by atoms with Crippen LogP contribution in [0, 0.1) is 0 Å². The Hall–Kier alpha value is -3.06. The molecule has 0 aromatic carbocycles. The topological polar surface area (TPSA) is 159 Å². The van der Waals surface area contributed by atoms with Gasteiger partial charge < -0.3 is 18.6 Å². The lowest BCUT2D eigenvalue weighted by atomic mass is 10.1. The number of aromatic amines is 1. The van der Waals surface area contributed by atoms with Crippen molar-refractivity contribution in [1.82, 2.24) is 24.9 Å². The fraction of sp³-hybridized carbons (Fsp3) is 0.471. The predicted octanol–water partition coefficient (Wildman–Crippen LogP) is 0.0588. The standard InChI is InChI=1S/C17H21N5O7S/c1-27-6-4-13-18-16(29-21-13)12(5-7-30(3,25)26)22-8-10-14(19-20-15(10)23)11(9-22)17(24)28-2/h8-9,12H,4-7H2,1-3H3,(H,20,23)/t12-/m0/s1. The first-order valence-electron chi connectivity index (χ1n) is 8.90. The van der Waals surface area contributed by atoms with E-state index < -0.39 is 27.4 Å². The average molecular weight is 439 g/mol. The van der Waals surface area contributed by atoms with Gasteiger partial charge in [0.25, 0.3) is 5.56 Å². The molecule has 0 radical (unpaired) electrons. The second kappa shape index (κ2) is 8.75. The molecule has 13 heteroatoms. The summed E-state index contributed by atoms with van der Waals surface area (Å²) in [6, 6.07) is -0.745. The Balaban J connectivity index is 2.10. The minimum Gasteiger partial charge on any atom is -0.465 e. The summed E-state index contributed by atoms with van der Waals surface area (Å²) < 4.78 is 40.1. The highest BCUT2D eigenvalue weighted by Gasteiger charge is 2.27. The zero-order chi connectivity index (χ0) is 21.9. The van der Waals surface area contributed by atoms with Crippen molar-refractivity contribution in [2.45, 2.75) is 18.9 Å². The molecule has 0 fully saturated rings. The Kier molecular flexibility index (Phi) is 6.31. The lowest BCUT2D eigenvalue weighted by molar-refractivity contribution is 0.0600. The van der Waals surface area contributed by atoms with Crippen LogP contribution < -0.4 is 5.56 Å². The van der Waals surface area contributed by atoms with E-state index in [-0.39, 0.29) is 34.9 Å². The number of pyridine rings is 1.